The van der Waals surface area contributed by atoms with E-state index in [1.807, 2.05) is 0 Å². The number of aromatic carboxylic acids is 1. The molecular weight excluding hydrogens is 871 g/mol. The van der Waals surface area contributed by atoms with Crippen molar-refractivity contribution >= 4 is 35.8 Å². The Morgan fingerprint density at radius 1 is 0.529 bits per heavy atom. The van der Waals surface area contributed by atoms with Crippen LogP contribution in [0.15, 0.2) is 141 Å². The fourth-order valence-electron chi connectivity index (χ4n) is 5.88. The average molecular weight is 924 g/mol. The van der Waals surface area contributed by atoms with E-state index in [1.165, 1.54) is 47.5 Å². The minimum Gasteiger partial charge on any atom is -0.494 e. The number of nitrogens with two attached hydrogens (primary N) is 1. The van der Waals surface area contributed by atoms with Gasteiger partial charge in [0.25, 0.3) is 0 Å². The molecule has 0 saturated heterocycles. The Labute approximate surface area is 395 Å². The molecule has 0 unspecified atom stereocenters. The second-order valence-electron chi connectivity index (χ2n) is 14.7. The lowest BCUT2D eigenvalue weighted by atomic mass is 9.95. The van der Waals surface area contributed by atoms with Crippen LogP contribution < -0.4 is 24.7 Å². The lowest BCUT2D eigenvalue weighted by Gasteiger charge is -2.11. The van der Waals surface area contributed by atoms with E-state index >= 15 is 0 Å². The number of ether oxygens (including phenoxy) is 6. The van der Waals surface area contributed by atoms with Crippen LogP contribution in [-0.2, 0) is 19.1 Å². The van der Waals surface area contributed by atoms with Gasteiger partial charge in [-0.25, -0.2) is 24.0 Å². The summed E-state index contributed by atoms with van der Waals surface area (Å²) in [6, 6.07) is 31.3. The van der Waals surface area contributed by atoms with Crippen molar-refractivity contribution in [3.63, 3.8) is 0 Å². The van der Waals surface area contributed by atoms with Crippen LogP contribution in [0.2, 0.25) is 0 Å². The van der Waals surface area contributed by atoms with E-state index in [9.17, 15) is 33.9 Å². The number of terminal acetylenes is 1. The minimum atomic E-state index is -1.38. The van der Waals surface area contributed by atoms with Crippen molar-refractivity contribution in [1.29, 1.82) is 0 Å². The molecule has 14 nitrogen and oxygen atoms in total. The van der Waals surface area contributed by atoms with Crippen molar-refractivity contribution in [2.24, 2.45) is 5.73 Å². The summed E-state index contributed by atoms with van der Waals surface area (Å²) in [5.74, 6) is -0.867. The number of hydrogen-bond acceptors (Lipinski definition) is 12. The SMILES string of the molecule is C#Cc1ccc(C(N)=O)cc1.C=CC(=O)OCCCCCCOc1ccc(C(=O)Oc2ccc(OC(=O)c3ccc(OCCCCCCOC(=O)C=C)cc3)c(C(=O)O)c2)cc1.c1cc2ccc1-2. The first-order chi connectivity index (χ1) is 32.9. The fourth-order valence-corrected chi connectivity index (χ4v) is 5.88. The quantitative estimate of drug-likeness (QED) is 0.0191. The summed E-state index contributed by atoms with van der Waals surface area (Å²) in [6.07, 6.45) is 14.1. The Bertz CT molecular complexity index is 2500. The van der Waals surface area contributed by atoms with Gasteiger partial charge in [-0.1, -0.05) is 43.3 Å². The molecule has 6 rings (SSSR count). The molecule has 4 aromatic carbocycles. The third kappa shape index (κ3) is 18.2. The number of benzene rings is 5. The molecule has 3 N–H and O–H groups in total. The molecular formula is C54H53NO13. The van der Waals surface area contributed by atoms with Gasteiger partial charge in [0, 0.05) is 23.3 Å². The lowest BCUT2D eigenvalue weighted by Crippen LogP contribution is -2.13. The van der Waals surface area contributed by atoms with Gasteiger partial charge in [0.05, 0.1) is 37.6 Å². The van der Waals surface area contributed by atoms with E-state index in [0.717, 1.165) is 75.1 Å². The number of carboxylic acid groups (broad SMARTS) is 1. The Kier molecular flexibility index (Phi) is 21.8. The summed E-state index contributed by atoms with van der Waals surface area (Å²) >= 11 is 0. The molecule has 0 spiro atoms. The predicted octanol–water partition coefficient (Wildman–Crippen LogP) is 9.59. The summed E-state index contributed by atoms with van der Waals surface area (Å²) in [6.45, 7) is 8.35. The van der Waals surface area contributed by atoms with Crippen LogP contribution >= 0.6 is 0 Å². The van der Waals surface area contributed by atoms with E-state index < -0.39 is 35.8 Å². The molecule has 2 aliphatic rings. The van der Waals surface area contributed by atoms with Gasteiger partial charge in [-0.3, -0.25) is 4.79 Å². The van der Waals surface area contributed by atoms with E-state index in [4.69, 9.17) is 40.6 Å². The molecule has 0 radical (unpaired) electrons. The first-order valence-corrected chi connectivity index (χ1v) is 21.7. The van der Waals surface area contributed by atoms with Crippen LogP contribution in [0.1, 0.15) is 98.4 Å². The molecule has 0 bridgehead atoms. The topological polar surface area (TPSA) is 204 Å². The Morgan fingerprint density at radius 2 is 0.941 bits per heavy atom. The molecule has 0 saturated carbocycles. The number of unbranched alkanes of at least 4 members (excludes halogenated alkanes) is 6. The maximum Gasteiger partial charge on any atom is 0.343 e. The molecule has 352 valence electrons. The summed E-state index contributed by atoms with van der Waals surface area (Å²) in [5, 5.41) is 9.75. The highest BCUT2D eigenvalue weighted by molar-refractivity contribution is 5.97. The zero-order valence-corrected chi connectivity index (χ0v) is 37.5. The minimum absolute atomic E-state index is 0.0468. The molecule has 2 aliphatic carbocycles. The first-order valence-electron chi connectivity index (χ1n) is 21.7. The third-order valence-corrected chi connectivity index (χ3v) is 9.77. The summed E-state index contributed by atoms with van der Waals surface area (Å²) in [4.78, 5) is 70.1. The molecule has 4 aromatic rings. The van der Waals surface area contributed by atoms with Crippen LogP contribution in [0.4, 0.5) is 0 Å². The fraction of sp³-hybridized carbons (Fsp3) is 0.222. The van der Waals surface area contributed by atoms with Crippen molar-refractivity contribution in [1.82, 2.24) is 0 Å². The van der Waals surface area contributed by atoms with E-state index in [1.54, 1.807) is 48.5 Å². The summed E-state index contributed by atoms with van der Waals surface area (Å²) in [7, 11) is 0. The van der Waals surface area contributed by atoms with E-state index in [-0.39, 0.29) is 28.2 Å². The highest BCUT2D eigenvalue weighted by Gasteiger charge is 2.19. The normalized spacial score (nSPS) is 10.2. The van der Waals surface area contributed by atoms with Gasteiger partial charge < -0.3 is 39.3 Å². The molecule has 68 heavy (non-hydrogen) atoms. The Morgan fingerprint density at radius 3 is 1.32 bits per heavy atom. The zero-order chi connectivity index (χ0) is 49.1. The number of fused-ring (bicyclic) bond motifs is 1. The molecule has 0 aromatic heterocycles. The van der Waals surface area contributed by atoms with Gasteiger partial charge in [-0.2, -0.15) is 0 Å². The van der Waals surface area contributed by atoms with Crippen LogP contribution in [-0.4, -0.2) is 67.3 Å². The van der Waals surface area contributed by atoms with Gasteiger partial charge in [-0.05, 0) is 153 Å². The Hall–Kier alpha value is -8.44. The maximum atomic E-state index is 12.8. The zero-order valence-electron chi connectivity index (χ0n) is 37.5. The first kappa shape index (κ1) is 52.2. The monoisotopic (exact) mass is 923 g/mol. The van der Waals surface area contributed by atoms with Crippen molar-refractivity contribution in [2.45, 2.75) is 51.4 Å². The van der Waals surface area contributed by atoms with E-state index in [0.29, 0.717) is 43.5 Å². The van der Waals surface area contributed by atoms with Crippen LogP contribution in [0, 0.1) is 12.3 Å². The van der Waals surface area contributed by atoms with E-state index in [2.05, 4.69) is 43.3 Å². The van der Waals surface area contributed by atoms with Gasteiger partial charge in [0.2, 0.25) is 5.91 Å². The number of hydrogen-bond donors (Lipinski definition) is 2. The number of carbonyl (C=O) groups is 6. The molecule has 0 fully saturated rings. The maximum absolute atomic E-state index is 12.8. The van der Waals surface area contributed by atoms with Crippen LogP contribution in [0.3, 0.4) is 0 Å². The van der Waals surface area contributed by atoms with Crippen molar-refractivity contribution < 1.29 is 62.3 Å². The van der Waals surface area contributed by atoms with Crippen molar-refractivity contribution in [3.05, 3.63) is 168 Å². The lowest BCUT2D eigenvalue weighted by molar-refractivity contribution is -0.138. The third-order valence-electron chi connectivity index (χ3n) is 9.77. The molecule has 1 amide bonds. The highest BCUT2D eigenvalue weighted by atomic mass is 16.5. The standard InChI is InChI=1S/C39H42O12.C9H7NO.C6H4/c1-3-35(40)48-25-11-7-5-9-23-46-30-17-13-28(14-18-30)38(44)50-32-21-22-34(33(27-32)37(42)43)51-39(45)29-15-19-31(20-16-29)47-24-10-6-8-12-26-49-36(41)4-2;1-2-7-3-5-8(6-4-7)9(10)11;1-2-6-4-3-5(1)6/h3-4,13-22,27H,1-2,5-12,23-26H2,(H,42,43);1,3-6H,(H2,10,11);1-4H. The summed E-state index contributed by atoms with van der Waals surface area (Å²) < 4.78 is 32.0. The number of amides is 1. The van der Waals surface area contributed by atoms with Gasteiger partial charge >= 0.3 is 29.8 Å². The van der Waals surface area contributed by atoms with Crippen LogP contribution in [0.5, 0.6) is 23.0 Å². The van der Waals surface area contributed by atoms with Crippen molar-refractivity contribution in [2.75, 3.05) is 26.4 Å². The Balaban J connectivity index is 0.000000486. The average Bonchev–Trinajstić information content (AvgIpc) is 3.35. The van der Waals surface area contributed by atoms with Gasteiger partial charge in [0.1, 0.15) is 28.6 Å². The number of primary amides is 1. The molecule has 0 atom stereocenters. The largest absolute Gasteiger partial charge is 0.494 e. The number of carboxylic acids is 1. The highest BCUT2D eigenvalue weighted by Crippen LogP contribution is 2.30. The van der Waals surface area contributed by atoms with Gasteiger partial charge in [0.15, 0.2) is 0 Å². The number of carbonyl (C=O) groups excluding carboxylic acids is 5. The second-order valence-corrected chi connectivity index (χ2v) is 14.7. The van der Waals surface area contributed by atoms with Gasteiger partial charge in [-0.15, -0.1) is 6.42 Å². The molecule has 14 heteroatoms. The molecule has 0 heterocycles. The summed E-state index contributed by atoms with van der Waals surface area (Å²) in [5.41, 5.74) is 9.12. The second kappa shape index (κ2) is 28.5. The smallest absolute Gasteiger partial charge is 0.343 e. The van der Waals surface area contributed by atoms with Crippen LogP contribution in [0.25, 0.3) is 11.1 Å². The number of rotatable bonds is 24. The predicted molar refractivity (Wildman–Crippen MR) is 255 cm³/mol. The number of esters is 4. The molecule has 0 aliphatic heterocycles. The van der Waals surface area contributed by atoms with Crippen molar-refractivity contribution in [3.8, 4) is 46.5 Å².